The fraction of sp³-hybridized carbons (Fsp3) is 0.438. The van der Waals surface area contributed by atoms with E-state index in [2.05, 4.69) is 28.7 Å². The first kappa shape index (κ1) is 15.1. The largest absolute Gasteiger partial charge is 0.310 e. The van der Waals surface area contributed by atoms with Gasteiger partial charge in [-0.1, -0.05) is 13.0 Å². The highest BCUT2D eigenvalue weighted by atomic mass is 32.1. The molecule has 0 amide bonds. The van der Waals surface area contributed by atoms with Gasteiger partial charge in [0.05, 0.1) is 10.7 Å². The van der Waals surface area contributed by atoms with Gasteiger partial charge in [0.25, 0.3) is 0 Å². The van der Waals surface area contributed by atoms with Crippen LogP contribution in [0.1, 0.15) is 41.2 Å². The zero-order chi connectivity index (χ0) is 14.5. The average molecular weight is 292 g/mol. The molecule has 0 aliphatic carbocycles. The van der Waals surface area contributed by atoms with E-state index in [0.717, 1.165) is 41.2 Å². The quantitative estimate of drug-likeness (QED) is 0.864. The van der Waals surface area contributed by atoms with Gasteiger partial charge in [0.1, 0.15) is 5.82 Å². The van der Waals surface area contributed by atoms with E-state index in [-0.39, 0.29) is 11.9 Å². The van der Waals surface area contributed by atoms with Crippen molar-refractivity contribution in [1.82, 2.24) is 10.3 Å². The molecule has 108 valence electrons. The number of nitrogens with one attached hydrogen (secondary N) is 1. The van der Waals surface area contributed by atoms with Crippen molar-refractivity contribution in [1.29, 1.82) is 0 Å². The molecule has 0 aliphatic rings. The second kappa shape index (κ2) is 6.95. The Morgan fingerprint density at radius 2 is 2.10 bits per heavy atom. The lowest BCUT2D eigenvalue weighted by atomic mass is 10.00. The Balaban J connectivity index is 2.21. The van der Waals surface area contributed by atoms with Gasteiger partial charge in [-0.15, -0.1) is 11.3 Å². The third kappa shape index (κ3) is 4.12. The van der Waals surface area contributed by atoms with Crippen LogP contribution in [0.5, 0.6) is 0 Å². The van der Waals surface area contributed by atoms with Crippen molar-refractivity contribution in [2.24, 2.45) is 0 Å². The van der Waals surface area contributed by atoms with E-state index in [9.17, 15) is 4.39 Å². The van der Waals surface area contributed by atoms with E-state index >= 15 is 0 Å². The van der Waals surface area contributed by atoms with E-state index < -0.39 is 0 Å². The molecule has 2 nitrogen and oxygen atoms in total. The molecule has 2 aromatic rings. The molecule has 1 N–H and O–H groups in total. The Bertz CT molecular complexity index is 545. The fourth-order valence-electron chi connectivity index (χ4n) is 2.30. The number of hydrogen-bond acceptors (Lipinski definition) is 3. The summed E-state index contributed by atoms with van der Waals surface area (Å²) in [7, 11) is 0. The maximum atomic E-state index is 13.6. The number of benzene rings is 1. The minimum atomic E-state index is -0.169. The van der Waals surface area contributed by atoms with E-state index in [1.54, 1.807) is 23.5 Å². The van der Waals surface area contributed by atoms with Crippen molar-refractivity contribution in [3.8, 4) is 0 Å². The standard InChI is InChI=1S/C16H21FN2S/c1-4-5-18-16(9-15-10-20-12(3)19-15)13-6-11(2)7-14(17)8-13/h6-8,10,16,18H,4-5,9H2,1-3H3. The number of aromatic nitrogens is 1. The minimum absolute atomic E-state index is 0.117. The lowest BCUT2D eigenvalue weighted by molar-refractivity contribution is 0.520. The number of hydrogen-bond donors (Lipinski definition) is 1. The number of aryl methyl sites for hydroxylation is 2. The topological polar surface area (TPSA) is 24.9 Å². The molecule has 1 atom stereocenters. The zero-order valence-electron chi connectivity index (χ0n) is 12.2. The lowest BCUT2D eigenvalue weighted by Gasteiger charge is -2.19. The predicted octanol–water partition coefficient (Wildman–Crippen LogP) is 4.18. The second-order valence-electron chi connectivity index (χ2n) is 5.13. The highest BCUT2D eigenvalue weighted by Crippen LogP contribution is 2.22. The van der Waals surface area contributed by atoms with Crippen LogP contribution in [-0.2, 0) is 6.42 Å². The van der Waals surface area contributed by atoms with Crippen molar-refractivity contribution < 1.29 is 4.39 Å². The number of rotatable bonds is 6. The molecule has 0 aliphatic heterocycles. The summed E-state index contributed by atoms with van der Waals surface area (Å²) in [4.78, 5) is 4.51. The Labute approximate surface area is 124 Å². The number of nitrogens with zero attached hydrogens (tertiary/aromatic N) is 1. The summed E-state index contributed by atoms with van der Waals surface area (Å²) in [6.45, 7) is 6.99. The Hall–Kier alpha value is -1.26. The van der Waals surface area contributed by atoms with Crippen LogP contribution in [0.3, 0.4) is 0 Å². The van der Waals surface area contributed by atoms with Crippen molar-refractivity contribution in [3.63, 3.8) is 0 Å². The molecule has 0 spiro atoms. The van der Waals surface area contributed by atoms with Crippen molar-refractivity contribution >= 4 is 11.3 Å². The summed E-state index contributed by atoms with van der Waals surface area (Å²) in [6.07, 6.45) is 1.86. The van der Waals surface area contributed by atoms with Crippen LogP contribution >= 0.6 is 11.3 Å². The molecule has 1 unspecified atom stereocenters. The SMILES string of the molecule is CCCNC(Cc1csc(C)n1)c1cc(C)cc(F)c1. The van der Waals surface area contributed by atoms with Crippen LogP contribution in [0.25, 0.3) is 0 Å². The van der Waals surface area contributed by atoms with Crippen LogP contribution < -0.4 is 5.32 Å². The summed E-state index contributed by atoms with van der Waals surface area (Å²) in [5, 5.41) is 6.66. The van der Waals surface area contributed by atoms with E-state index in [4.69, 9.17) is 0 Å². The molecule has 0 bridgehead atoms. The first-order valence-electron chi connectivity index (χ1n) is 7.00. The van der Waals surface area contributed by atoms with Gasteiger partial charge in [0.15, 0.2) is 0 Å². The highest BCUT2D eigenvalue weighted by molar-refractivity contribution is 7.09. The predicted molar refractivity (Wildman–Crippen MR) is 82.7 cm³/mol. The summed E-state index contributed by atoms with van der Waals surface area (Å²) < 4.78 is 13.6. The van der Waals surface area contributed by atoms with Crippen LogP contribution in [0, 0.1) is 19.7 Å². The lowest BCUT2D eigenvalue weighted by Crippen LogP contribution is -2.24. The molecular formula is C16H21FN2S. The second-order valence-corrected chi connectivity index (χ2v) is 6.19. The van der Waals surface area contributed by atoms with Crippen LogP contribution in [-0.4, -0.2) is 11.5 Å². The smallest absolute Gasteiger partial charge is 0.123 e. The monoisotopic (exact) mass is 292 g/mol. The third-order valence-corrected chi connectivity index (χ3v) is 4.01. The average Bonchev–Trinajstić information content (AvgIpc) is 2.79. The zero-order valence-corrected chi connectivity index (χ0v) is 13.1. The summed E-state index contributed by atoms with van der Waals surface area (Å²) in [5.41, 5.74) is 3.03. The molecule has 4 heteroatoms. The minimum Gasteiger partial charge on any atom is -0.310 e. The molecular weight excluding hydrogens is 271 g/mol. The van der Waals surface area contributed by atoms with E-state index in [1.807, 2.05) is 13.8 Å². The van der Waals surface area contributed by atoms with Gasteiger partial charge < -0.3 is 5.32 Å². The maximum absolute atomic E-state index is 13.6. The number of halogens is 1. The maximum Gasteiger partial charge on any atom is 0.123 e. The molecule has 1 aromatic carbocycles. The van der Waals surface area contributed by atoms with Crippen LogP contribution in [0.4, 0.5) is 4.39 Å². The van der Waals surface area contributed by atoms with Crippen molar-refractivity contribution in [2.45, 2.75) is 39.7 Å². The van der Waals surface area contributed by atoms with Crippen LogP contribution in [0.2, 0.25) is 0 Å². The Morgan fingerprint density at radius 1 is 1.30 bits per heavy atom. The van der Waals surface area contributed by atoms with Gasteiger partial charge >= 0.3 is 0 Å². The molecule has 2 rings (SSSR count). The van der Waals surface area contributed by atoms with Gasteiger partial charge in [-0.25, -0.2) is 9.37 Å². The summed E-state index contributed by atoms with van der Waals surface area (Å²) in [5.74, 6) is -0.169. The summed E-state index contributed by atoms with van der Waals surface area (Å²) in [6, 6.07) is 5.36. The first-order valence-corrected chi connectivity index (χ1v) is 7.88. The molecule has 0 saturated heterocycles. The molecule has 0 radical (unpaired) electrons. The van der Waals surface area contributed by atoms with Crippen LogP contribution in [0.15, 0.2) is 23.6 Å². The van der Waals surface area contributed by atoms with E-state index in [1.165, 1.54) is 0 Å². The molecule has 0 saturated carbocycles. The van der Waals surface area contributed by atoms with Crippen molar-refractivity contribution in [2.75, 3.05) is 6.54 Å². The molecule has 1 heterocycles. The Kier molecular flexibility index (Phi) is 5.26. The van der Waals surface area contributed by atoms with Gasteiger partial charge in [-0.3, -0.25) is 0 Å². The fourth-order valence-corrected chi connectivity index (χ4v) is 2.93. The molecule has 0 fully saturated rings. The first-order chi connectivity index (χ1) is 9.58. The number of thiazole rings is 1. The van der Waals surface area contributed by atoms with Crippen molar-refractivity contribution in [3.05, 3.63) is 51.2 Å². The van der Waals surface area contributed by atoms with Gasteiger partial charge in [0.2, 0.25) is 0 Å². The van der Waals surface area contributed by atoms with E-state index in [0.29, 0.717) is 0 Å². The third-order valence-electron chi connectivity index (χ3n) is 3.19. The van der Waals surface area contributed by atoms with Gasteiger partial charge in [-0.2, -0.15) is 0 Å². The normalized spacial score (nSPS) is 12.6. The highest BCUT2D eigenvalue weighted by Gasteiger charge is 2.14. The van der Waals surface area contributed by atoms with Gasteiger partial charge in [-0.05, 0) is 50.1 Å². The molecule has 1 aromatic heterocycles. The summed E-state index contributed by atoms with van der Waals surface area (Å²) >= 11 is 1.66. The Morgan fingerprint density at radius 3 is 2.70 bits per heavy atom. The van der Waals surface area contributed by atoms with Gasteiger partial charge in [0, 0.05) is 17.8 Å². The molecule has 20 heavy (non-hydrogen) atoms.